The highest BCUT2D eigenvalue weighted by Gasteiger charge is 2.39. The van der Waals surface area contributed by atoms with Crippen molar-refractivity contribution in [3.8, 4) is 17.2 Å². The van der Waals surface area contributed by atoms with Crippen LogP contribution in [0.5, 0.6) is 0 Å². The maximum atomic E-state index is 13.8. The van der Waals surface area contributed by atoms with Crippen LogP contribution in [0.25, 0.3) is 11.1 Å². The highest BCUT2D eigenvalue weighted by Crippen LogP contribution is 2.41. The minimum absolute atomic E-state index is 0.0243. The van der Waals surface area contributed by atoms with Gasteiger partial charge >= 0.3 is 6.18 Å². The Morgan fingerprint density at radius 2 is 1.66 bits per heavy atom. The van der Waals surface area contributed by atoms with E-state index in [4.69, 9.17) is 5.26 Å². The number of aryl methyl sites for hydroxylation is 1. The molecule has 3 nitrogen and oxygen atoms in total. The molecule has 0 heterocycles. The molecule has 3 rings (SSSR count). The second kappa shape index (κ2) is 7.72. The van der Waals surface area contributed by atoms with Crippen LogP contribution in [0.4, 0.5) is 13.2 Å². The van der Waals surface area contributed by atoms with Gasteiger partial charge in [0, 0.05) is 5.56 Å². The summed E-state index contributed by atoms with van der Waals surface area (Å²) >= 11 is 0. The summed E-state index contributed by atoms with van der Waals surface area (Å²) in [5, 5.41) is 8.92. The predicted octanol–water partition coefficient (Wildman–Crippen LogP) is 5.58. The van der Waals surface area contributed by atoms with Gasteiger partial charge in [0.25, 0.3) is 0 Å². The molecule has 0 N–H and O–H groups in total. The first-order valence-corrected chi connectivity index (χ1v) is 10.1. The molecule has 0 saturated carbocycles. The van der Waals surface area contributed by atoms with Crippen LogP contribution in [0.15, 0.2) is 76.5 Å². The number of nitrogens with zero attached hydrogens (tertiary/aromatic N) is 1. The summed E-state index contributed by atoms with van der Waals surface area (Å²) in [6, 6.07) is 17.5. The summed E-state index contributed by atoms with van der Waals surface area (Å²) in [6.45, 7) is 1.63. The lowest BCUT2D eigenvalue weighted by atomic mass is 10.0. The van der Waals surface area contributed by atoms with Gasteiger partial charge in [0.1, 0.15) is 0 Å². The van der Waals surface area contributed by atoms with E-state index >= 15 is 0 Å². The Labute approximate surface area is 167 Å². The summed E-state index contributed by atoms with van der Waals surface area (Å²) in [7, 11) is -4.52. The fourth-order valence-electron chi connectivity index (χ4n) is 3.19. The molecule has 3 aromatic rings. The van der Waals surface area contributed by atoms with E-state index in [2.05, 4.69) is 0 Å². The van der Waals surface area contributed by atoms with Crippen molar-refractivity contribution in [1.82, 2.24) is 0 Å². The van der Waals surface area contributed by atoms with E-state index in [0.717, 1.165) is 6.07 Å². The molecule has 0 amide bonds. The maximum Gasteiger partial charge on any atom is 0.417 e. The van der Waals surface area contributed by atoms with E-state index in [9.17, 15) is 21.6 Å². The van der Waals surface area contributed by atoms with Crippen molar-refractivity contribution < 1.29 is 21.6 Å². The number of rotatable bonds is 4. The van der Waals surface area contributed by atoms with Crippen LogP contribution >= 0.6 is 0 Å². The van der Waals surface area contributed by atoms with Crippen molar-refractivity contribution in [3.63, 3.8) is 0 Å². The molecule has 0 fully saturated rings. The number of hydrogen-bond acceptors (Lipinski definition) is 3. The maximum absolute atomic E-state index is 13.8. The van der Waals surface area contributed by atoms with Gasteiger partial charge in [-0.3, -0.25) is 0 Å². The minimum Gasteiger partial charge on any atom is -0.218 e. The molecule has 0 unspecified atom stereocenters. The first-order chi connectivity index (χ1) is 13.6. The minimum atomic E-state index is -4.85. The number of hydrogen-bond donors (Lipinski definition) is 0. The third kappa shape index (κ3) is 4.17. The Balaban J connectivity index is 2.36. The second-order valence-electron chi connectivity index (χ2n) is 6.54. The summed E-state index contributed by atoms with van der Waals surface area (Å²) in [5.41, 5.74) is 0.0898. The molecule has 29 heavy (non-hydrogen) atoms. The standard InChI is InChI=1S/C22H16F3NO2S/c1-15-12-16(10-11-26)14-18(13-15)29(27,28)21-19(17-6-3-2-4-7-17)8-5-9-20(21)22(23,24)25/h2-9,12-14H,10H2,1H3. The quantitative estimate of drug-likeness (QED) is 0.559. The Kier molecular flexibility index (Phi) is 5.49. The third-order valence-electron chi connectivity index (χ3n) is 4.38. The van der Waals surface area contributed by atoms with Gasteiger partial charge in [-0.15, -0.1) is 0 Å². The number of benzene rings is 3. The largest absolute Gasteiger partial charge is 0.417 e. The van der Waals surface area contributed by atoms with Gasteiger partial charge in [0.15, 0.2) is 0 Å². The van der Waals surface area contributed by atoms with Gasteiger partial charge in [0.05, 0.1) is 27.8 Å². The van der Waals surface area contributed by atoms with Gasteiger partial charge < -0.3 is 0 Å². The van der Waals surface area contributed by atoms with Crippen molar-refractivity contribution >= 4 is 9.84 Å². The van der Waals surface area contributed by atoms with E-state index < -0.39 is 26.5 Å². The van der Waals surface area contributed by atoms with Crippen LogP contribution < -0.4 is 0 Å². The van der Waals surface area contributed by atoms with Crippen molar-refractivity contribution in [3.05, 3.63) is 83.4 Å². The lowest BCUT2D eigenvalue weighted by molar-refractivity contribution is -0.139. The molecule has 0 aliphatic carbocycles. The summed E-state index contributed by atoms with van der Waals surface area (Å²) in [4.78, 5) is -1.05. The highest BCUT2D eigenvalue weighted by molar-refractivity contribution is 7.91. The normalized spacial score (nSPS) is 11.8. The molecule has 0 atom stereocenters. The molecule has 0 aromatic heterocycles. The molecule has 0 bridgehead atoms. The van der Waals surface area contributed by atoms with Crippen LogP contribution in [-0.4, -0.2) is 8.42 Å². The average molecular weight is 415 g/mol. The molecule has 3 aromatic carbocycles. The topological polar surface area (TPSA) is 57.9 Å². The van der Waals surface area contributed by atoms with E-state index in [1.54, 1.807) is 43.3 Å². The molecular weight excluding hydrogens is 399 g/mol. The van der Waals surface area contributed by atoms with Crippen LogP contribution in [0.1, 0.15) is 16.7 Å². The first-order valence-electron chi connectivity index (χ1n) is 8.63. The molecule has 0 aliphatic rings. The molecule has 0 spiro atoms. The van der Waals surface area contributed by atoms with Crippen molar-refractivity contribution in [1.29, 1.82) is 5.26 Å². The van der Waals surface area contributed by atoms with Gasteiger partial charge in [-0.1, -0.05) is 48.5 Å². The fourth-order valence-corrected chi connectivity index (χ4v) is 5.02. The predicted molar refractivity (Wildman–Crippen MR) is 103 cm³/mol. The number of nitriles is 1. The molecule has 0 aliphatic heterocycles. The smallest absolute Gasteiger partial charge is 0.218 e. The lowest BCUT2D eigenvalue weighted by Gasteiger charge is -2.18. The highest BCUT2D eigenvalue weighted by atomic mass is 32.2. The summed E-state index contributed by atoms with van der Waals surface area (Å²) in [5.74, 6) is 0. The lowest BCUT2D eigenvalue weighted by Crippen LogP contribution is -2.15. The number of alkyl halides is 3. The van der Waals surface area contributed by atoms with Crippen molar-refractivity contribution in [2.75, 3.05) is 0 Å². The van der Waals surface area contributed by atoms with E-state index in [1.165, 1.54) is 24.3 Å². The monoisotopic (exact) mass is 415 g/mol. The second-order valence-corrected chi connectivity index (χ2v) is 8.43. The van der Waals surface area contributed by atoms with Gasteiger partial charge in [-0.25, -0.2) is 8.42 Å². The molecular formula is C22H16F3NO2S. The van der Waals surface area contributed by atoms with Crippen LogP contribution in [0.2, 0.25) is 0 Å². The summed E-state index contributed by atoms with van der Waals surface area (Å²) < 4.78 is 68.1. The third-order valence-corrected chi connectivity index (χ3v) is 6.21. The molecule has 148 valence electrons. The van der Waals surface area contributed by atoms with E-state index in [-0.39, 0.29) is 16.9 Å². The van der Waals surface area contributed by atoms with Crippen molar-refractivity contribution in [2.45, 2.75) is 29.3 Å². The van der Waals surface area contributed by atoms with Crippen LogP contribution in [0, 0.1) is 18.3 Å². The Bertz CT molecular complexity index is 1190. The van der Waals surface area contributed by atoms with Crippen LogP contribution in [-0.2, 0) is 22.4 Å². The molecule has 0 radical (unpaired) electrons. The van der Waals surface area contributed by atoms with Crippen molar-refractivity contribution in [2.24, 2.45) is 0 Å². The zero-order valence-electron chi connectivity index (χ0n) is 15.4. The first kappa shape index (κ1) is 20.6. The van der Waals surface area contributed by atoms with Crippen LogP contribution in [0.3, 0.4) is 0 Å². The van der Waals surface area contributed by atoms with E-state index in [1.807, 2.05) is 6.07 Å². The molecule has 7 heteroatoms. The Morgan fingerprint density at radius 3 is 2.28 bits per heavy atom. The van der Waals surface area contributed by atoms with Gasteiger partial charge in [-0.05, 0) is 41.8 Å². The fraction of sp³-hybridized carbons (Fsp3) is 0.136. The Hall–Kier alpha value is -3.11. The molecule has 0 saturated heterocycles. The van der Waals surface area contributed by atoms with Gasteiger partial charge in [0.2, 0.25) is 9.84 Å². The number of halogens is 3. The Morgan fingerprint density at radius 1 is 0.966 bits per heavy atom. The average Bonchev–Trinajstić information content (AvgIpc) is 2.67. The van der Waals surface area contributed by atoms with E-state index in [0.29, 0.717) is 16.7 Å². The zero-order chi connectivity index (χ0) is 21.2. The number of sulfone groups is 1. The SMILES string of the molecule is Cc1cc(CC#N)cc(S(=O)(=O)c2c(-c3ccccc3)cccc2C(F)(F)F)c1. The zero-order valence-corrected chi connectivity index (χ0v) is 16.2. The summed E-state index contributed by atoms with van der Waals surface area (Å²) in [6.07, 6.45) is -4.90. The van der Waals surface area contributed by atoms with Gasteiger partial charge in [-0.2, -0.15) is 18.4 Å².